The first-order chi connectivity index (χ1) is 14.7. The molecule has 3 aromatic rings. The summed E-state index contributed by atoms with van der Waals surface area (Å²) in [5.41, 5.74) is 3.82. The van der Waals surface area contributed by atoms with Crippen molar-refractivity contribution < 1.29 is 14.2 Å². The van der Waals surface area contributed by atoms with Gasteiger partial charge in [-0.25, -0.2) is 0 Å². The van der Waals surface area contributed by atoms with E-state index in [4.69, 9.17) is 14.2 Å². The number of hydrogen-bond donors (Lipinski definition) is 1. The van der Waals surface area contributed by atoms with Crippen molar-refractivity contribution in [3.8, 4) is 17.2 Å². The Morgan fingerprint density at radius 2 is 1.61 bits per heavy atom. The molecule has 0 fully saturated rings. The molecule has 4 nitrogen and oxygen atoms in total. The van der Waals surface area contributed by atoms with Crippen molar-refractivity contribution in [3.05, 3.63) is 89.5 Å². The molecule has 1 aliphatic rings. The highest BCUT2D eigenvalue weighted by atomic mass is 35.5. The van der Waals surface area contributed by atoms with Crippen LogP contribution in [0.5, 0.6) is 17.2 Å². The Hall–Kier alpha value is -2.69. The maximum atomic E-state index is 5.72. The zero-order valence-electron chi connectivity index (χ0n) is 18.0. The number of hydrogen-bond acceptors (Lipinski definition) is 4. The third kappa shape index (κ3) is 6.16. The van der Waals surface area contributed by atoms with Crippen LogP contribution in [0, 0.1) is 0 Å². The van der Waals surface area contributed by atoms with Crippen LogP contribution in [-0.2, 0) is 6.54 Å². The topological polar surface area (TPSA) is 39.7 Å². The molecule has 0 spiro atoms. The second-order valence-electron chi connectivity index (χ2n) is 7.85. The fourth-order valence-electron chi connectivity index (χ4n) is 3.78. The zero-order chi connectivity index (χ0) is 20.8. The SMILES string of the molecule is CC(C)Oc1ccc(CNCCC(c2ccccc2)c2ccc3c(c2)OCO3)cc1.Cl. The van der Waals surface area contributed by atoms with E-state index in [1.54, 1.807) is 0 Å². The van der Waals surface area contributed by atoms with Gasteiger partial charge in [-0.1, -0.05) is 48.5 Å². The smallest absolute Gasteiger partial charge is 0.231 e. The summed E-state index contributed by atoms with van der Waals surface area (Å²) in [4.78, 5) is 0. The van der Waals surface area contributed by atoms with Crippen LogP contribution in [0.3, 0.4) is 0 Å². The molecule has 0 aromatic heterocycles. The predicted molar refractivity (Wildman–Crippen MR) is 127 cm³/mol. The first-order valence-electron chi connectivity index (χ1n) is 10.6. The molecule has 0 aliphatic carbocycles. The maximum Gasteiger partial charge on any atom is 0.231 e. The average Bonchev–Trinajstić information content (AvgIpc) is 3.23. The van der Waals surface area contributed by atoms with Crippen molar-refractivity contribution in [2.75, 3.05) is 13.3 Å². The molecule has 1 aliphatic heterocycles. The maximum absolute atomic E-state index is 5.72. The summed E-state index contributed by atoms with van der Waals surface area (Å²) in [5.74, 6) is 2.88. The van der Waals surface area contributed by atoms with Gasteiger partial charge in [0.05, 0.1) is 6.10 Å². The summed E-state index contributed by atoms with van der Waals surface area (Å²) >= 11 is 0. The molecule has 0 radical (unpaired) electrons. The Kier molecular flexibility index (Phi) is 8.21. The van der Waals surface area contributed by atoms with Gasteiger partial charge < -0.3 is 19.5 Å². The molecular formula is C26H30ClNO3. The molecule has 1 atom stereocenters. The molecule has 1 unspecified atom stereocenters. The van der Waals surface area contributed by atoms with Gasteiger partial charge >= 0.3 is 0 Å². The Morgan fingerprint density at radius 3 is 2.35 bits per heavy atom. The van der Waals surface area contributed by atoms with Crippen LogP contribution < -0.4 is 19.5 Å². The van der Waals surface area contributed by atoms with Gasteiger partial charge in [0, 0.05) is 12.5 Å². The van der Waals surface area contributed by atoms with Gasteiger partial charge in [-0.15, -0.1) is 12.4 Å². The van der Waals surface area contributed by atoms with Gasteiger partial charge in [0.1, 0.15) is 5.75 Å². The molecule has 0 saturated carbocycles. The van der Waals surface area contributed by atoms with Crippen LogP contribution in [0.2, 0.25) is 0 Å². The molecule has 31 heavy (non-hydrogen) atoms. The van der Waals surface area contributed by atoms with Crippen molar-refractivity contribution in [3.63, 3.8) is 0 Å². The summed E-state index contributed by atoms with van der Waals surface area (Å²) in [6, 6.07) is 25.3. The highest BCUT2D eigenvalue weighted by molar-refractivity contribution is 5.85. The minimum atomic E-state index is 0. The number of ether oxygens (including phenoxy) is 3. The number of rotatable bonds is 9. The van der Waals surface area contributed by atoms with E-state index in [-0.39, 0.29) is 18.5 Å². The third-order valence-corrected chi connectivity index (χ3v) is 5.23. The standard InChI is InChI=1S/C26H29NO3.ClH/c1-19(2)30-23-11-8-20(9-12-23)17-27-15-14-24(21-6-4-3-5-7-21)22-10-13-25-26(16-22)29-18-28-25;/h3-13,16,19,24,27H,14-15,17-18H2,1-2H3;1H. The lowest BCUT2D eigenvalue weighted by Gasteiger charge is -2.19. The van der Waals surface area contributed by atoms with Crippen LogP contribution >= 0.6 is 12.4 Å². The lowest BCUT2D eigenvalue weighted by atomic mass is 9.88. The van der Waals surface area contributed by atoms with E-state index >= 15 is 0 Å². The molecule has 164 valence electrons. The number of benzene rings is 3. The summed E-state index contributed by atoms with van der Waals surface area (Å²) in [6.07, 6.45) is 1.19. The van der Waals surface area contributed by atoms with Crippen LogP contribution in [0.15, 0.2) is 72.8 Å². The van der Waals surface area contributed by atoms with Gasteiger partial charge in [0.15, 0.2) is 11.5 Å². The van der Waals surface area contributed by atoms with Crippen molar-refractivity contribution in [2.45, 2.75) is 38.8 Å². The van der Waals surface area contributed by atoms with Crippen molar-refractivity contribution in [1.29, 1.82) is 0 Å². The van der Waals surface area contributed by atoms with E-state index in [0.29, 0.717) is 12.7 Å². The first-order valence-corrected chi connectivity index (χ1v) is 10.6. The molecule has 0 bridgehead atoms. The first kappa shape index (κ1) is 23.0. The third-order valence-electron chi connectivity index (χ3n) is 5.23. The molecule has 5 heteroatoms. The molecule has 0 amide bonds. The highest BCUT2D eigenvalue weighted by Crippen LogP contribution is 2.37. The molecule has 3 aromatic carbocycles. The van der Waals surface area contributed by atoms with E-state index < -0.39 is 0 Å². The molecule has 1 heterocycles. The largest absolute Gasteiger partial charge is 0.491 e. The van der Waals surface area contributed by atoms with Crippen LogP contribution in [0.4, 0.5) is 0 Å². The van der Waals surface area contributed by atoms with Gasteiger partial charge in [-0.3, -0.25) is 0 Å². The molecule has 4 rings (SSSR count). The highest BCUT2D eigenvalue weighted by Gasteiger charge is 2.19. The summed E-state index contributed by atoms with van der Waals surface area (Å²) in [7, 11) is 0. The minimum absolute atomic E-state index is 0. The minimum Gasteiger partial charge on any atom is -0.491 e. The van der Waals surface area contributed by atoms with E-state index in [2.05, 4.69) is 59.9 Å². The summed E-state index contributed by atoms with van der Waals surface area (Å²) in [5, 5.41) is 3.59. The van der Waals surface area contributed by atoms with Gasteiger partial charge in [0.25, 0.3) is 0 Å². The average molecular weight is 440 g/mol. The number of nitrogens with one attached hydrogen (secondary N) is 1. The Morgan fingerprint density at radius 1 is 0.871 bits per heavy atom. The Balaban J connectivity index is 0.00000272. The van der Waals surface area contributed by atoms with Gasteiger partial charge in [-0.05, 0) is 67.8 Å². The normalized spacial score (nSPS) is 13.0. The quantitative estimate of drug-likeness (QED) is 0.419. The fraction of sp³-hybridized carbons (Fsp3) is 0.308. The van der Waals surface area contributed by atoms with E-state index in [1.807, 2.05) is 32.0 Å². The van der Waals surface area contributed by atoms with Crippen molar-refractivity contribution in [1.82, 2.24) is 5.32 Å². The Bertz CT molecular complexity index is 945. The van der Waals surface area contributed by atoms with Gasteiger partial charge in [-0.2, -0.15) is 0 Å². The van der Waals surface area contributed by atoms with Crippen molar-refractivity contribution >= 4 is 12.4 Å². The zero-order valence-corrected chi connectivity index (χ0v) is 18.9. The van der Waals surface area contributed by atoms with E-state index in [0.717, 1.165) is 36.8 Å². The monoisotopic (exact) mass is 439 g/mol. The van der Waals surface area contributed by atoms with Crippen LogP contribution in [-0.4, -0.2) is 19.4 Å². The lowest BCUT2D eigenvalue weighted by Crippen LogP contribution is -2.18. The van der Waals surface area contributed by atoms with Crippen LogP contribution in [0.25, 0.3) is 0 Å². The molecule has 0 saturated heterocycles. The van der Waals surface area contributed by atoms with Gasteiger partial charge in [0.2, 0.25) is 6.79 Å². The molecular weight excluding hydrogens is 410 g/mol. The second kappa shape index (κ2) is 11.1. The number of fused-ring (bicyclic) bond motifs is 1. The molecule has 1 N–H and O–H groups in total. The second-order valence-corrected chi connectivity index (χ2v) is 7.85. The summed E-state index contributed by atoms with van der Waals surface area (Å²) in [6.45, 7) is 6.14. The summed E-state index contributed by atoms with van der Waals surface area (Å²) < 4.78 is 16.8. The van der Waals surface area contributed by atoms with Crippen molar-refractivity contribution in [2.24, 2.45) is 0 Å². The fourth-order valence-corrected chi connectivity index (χ4v) is 3.78. The lowest BCUT2D eigenvalue weighted by molar-refractivity contribution is 0.174. The number of halogens is 1. The Labute approximate surface area is 191 Å². The van der Waals surface area contributed by atoms with Crippen LogP contribution in [0.1, 0.15) is 42.9 Å². The van der Waals surface area contributed by atoms with E-state index in [9.17, 15) is 0 Å². The predicted octanol–water partition coefficient (Wildman–Crippen LogP) is 5.94. The van der Waals surface area contributed by atoms with E-state index in [1.165, 1.54) is 16.7 Å².